The van der Waals surface area contributed by atoms with Gasteiger partial charge in [0.1, 0.15) is 0 Å². The van der Waals surface area contributed by atoms with E-state index in [4.69, 9.17) is 0 Å². The fourth-order valence-electron chi connectivity index (χ4n) is 5.05. The lowest BCUT2D eigenvalue weighted by atomic mass is 10.00. The summed E-state index contributed by atoms with van der Waals surface area (Å²) in [4.78, 5) is 27.9. The summed E-state index contributed by atoms with van der Waals surface area (Å²) >= 11 is 0. The molecule has 0 bridgehead atoms. The second kappa shape index (κ2) is 14.3. The van der Waals surface area contributed by atoms with Crippen LogP contribution in [0.4, 0.5) is 24.5 Å². The second-order valence-electron chi connectivity index (χ2n) is 10.5. The molecule has 1 aliphatic rings. The van der Waals surface area contributed by atoms with Crippen molar-refractivity contribution >= 4 is 23.2 Å². The third-order valence-corrected chi connectivity index (χ3v) is 7.21. The van der Waals surface area contributed by atoms with Gasteiger partial charge in [0.05, 0.1) is 17.7 Å². The summed E-state index contributed by atoms with van der Waals surface area (Å²) in [7, 11) is 0. The first-order valence-corrected chi connectivity index (χ1v) is 14.2. The maximum atomic E-state index is 13.6. The molecule has 3 aromatic rings. The minimum atomic E-state index is -4.44. The minimum Gasteiger partial charge on any atom is -0.390 e. The molecular formula is C32H37F3N4O3. The van der Waals surface area contributed by atoms with Gasteiger partial charge in [0, 0.05) is 49.5 Å². The predicted octanol–water partition coefficient (Wildman–Crippen LogP) is 5.15. The number of carbonyl (C=O) groups excluding carboxylic acids is 2. The third kappa shape index (κ3) is 8.56. The fraction of sp³-hybridized carbons (Fsp3) is 0.375. The van der Waals surface area contributed by atoms with Gasteiger partial charge in [-0.3, -0.25) is 9.59 Å². The van der Waals surface area contributed by atoms with Gasteiger partial charge in [0.25, 0.3) is 5.91 Å². The number of anilines is 2. The van der Waals surface area contributed by atoms with E-state index in [0.717, 1.165) is 30.5 Å². The molecule has 7 nitrogen and oxygen atoms in total. The molecule has 0 aromatic heterocycles. The maximum absolute atomic E-state index is 13.6. The molecule has 4 N–H and O–H groups in total. The van der Waals surface area contributed by atoms with Gasteiger partial charge in [-0.15, -0.1) is 0 Å². The highest BCUT2D eigenvalue weighted by molar-refractivity contribution is 5.99. The lowest BCUT2D eigenvalue weighted by Crippen LogP contribution is -2.48. The molecule has 10 heteroatoms. The molecule has 224 valence electrons. The van der Waals surface area contributed by atoms with Crippen LogP contribution in [0.15, 0.2) is 72.8 Å². The van der Waals surface area contributed by atoms with E-state index in [1.165, 1.54) is 6.07 Å². The monoisotopic (exact) mass is 582 g/mol. The first kappa shape index (κ1) is 31.1. The number of amides is 2. The Kier molecular flexibility index (Phi) is 10.6. The van der Waals surface area contributed by atoms with Crippen LogP contribution in [-0.4, -0.2) is 48.7 Å². The number of aliphatic hydroxyl groups is 1. The number of nitrogens with one attached hydrogen (secondary N) is 3. The van der Waals surface area contributed by atoms with Gasteiger partial charge in [-0.05, 0) is 61.6 Å². The summed E-state index contributed by atoms with van der Waals surface area (Å²) in [6, 6.07) is 19.0. The smallest absolute Gasteiger partial charge is 0.390 e. The summed E-state index contributed by atoms with van der Waals surface area (Å²) < 4.78 is 39.3. The Balaban J connectivity index is 1.50. The van der Waals surface area contributed by atoms with Crippen molar-refractivity contribution in [1.29, 1.82) is 0 Å². The molecule has 0 radical (unpaired) electrons. The predicted molar refractivity (Wildman–Crippen MR) is 157 cm³/mol. The molecule has 2 amide bonds. The summed E-state index contributed by atoms with van der Waals surface area (Å²) in [6.45, 7) is 3.31. The average Bonchev–Trinajstić information content (AvgIpc) is 2.97. The van der Waals surface area contributed by atoms with Crippen molar-refractivity contribution in [2.45, 2.75) is 57.5 Å². The molecule has 0 unspecified atom stereocenters. The average molecular weight is 583 g/mol. The Morgan fingerprint density at radius 1 is 1.00 bits per heavy atom. The Bertz CT molecular complexity index is 1350. The van der Waals surface area contributed by atoms with Gasteiger partial charge in [-0.1, -0.05) is 48.5 Å². The van der Waals surface area contributed by atoms with E-state index in [1.807, 2.05) is 43.3 Å². The summed E-state index contributed by atoms with van der Waals surface area (Å²) in [5.74, 6) is -0.385. The van der Waals surface area contributed by atoms with E-state index in [9.17, 15) is 27.9 Å². The van der Waals surface area contributed by atoms with E-state index >= 15 is 0 Å². The van der Waals surface area contributed by atoms with Gasteiger partial charge >= 0.3 is 6.18 Å². The molecule has 3 aromatic carbocycles. The van der Waals surface area contributed by atoms with Gasteiger partial charge in [-0.2, -0.15) is 13.2 Å². The number of aliphatic hydroxyl groups excluding tert-OH is 1. The molecule has 1 aliphatic heterocycles. The zero-order valence-corrected chi connectivity index (χ0v) is 23.6. The summed E-state index contributed by atoms with van der Waals surface area (Å²) in [6.07, 6.45) is -2.95. The number of halogens is 3. The molecule has 1 saturated heterocycles. The number of piperidine rings is 1. The number of alkyl halides is 3. The van der Waals surface area contributed by atoms with Crippen molar-refractivity contribution in [2.75, 3.05) is 29.9 Å². The van der Waals surface area contributed by atoms with Gasteiger partial charge < -0.3 is 26.0 Å². The molecule has 1 fully saturated rings. The number of carbonyl (C=O) groups is 2. The number of nitrogens with zero attached hydrogens (tertiary/aromatic N) is 1. The fourth-order valence-corrected chi connectivity index (χ4v) is 5.05. The lowest BCUT2D eigenvalue weighted by Gasteiger charge is -2.28. The Labute approximate surface area is 244 Å². The first-order chi connectivity index (χ1) is 20.1. The molecule has 1 heterocycles. The lowest BCUT2D eigenvalue weighted by molar-refractivity contribution is -0.137. The largest absolute Gasteiger partial charge is 0.416 e. The van der Waals surface area contributed by atoms with Crippen LogP contribution in [0.3, 0.4) is 0 Å². The normalized spacial score (nSPS) is 15.3. The molecule has 0 spiro atoms. The van der Waals surface area contributed by atoms with Gasteiger partial charge in [-0.25, -0.2) is 0 Å². The van der Waals surface area contributed by atoms with Crippen LogP contribution in [0.1, 0.15) is 53.2 Å². The zero-order valence-electron chi connectivity index (χ0n) is 23.6. The van der Waals surface area contributed by atoms with Crippen LogP contribution in [0.25, 0.3) is 0 Å². The van der Waals surface area contributed by atoms with Crippen LogP contribution in [0, 0.1) is 0 Å². The SMILES string of the molecule is CCNc1cc(C(=O)N[C@@H](Cc2ccccc2)[C@H](O)CNCc2cccc(C(F)(F)F)c2)cc(N2CCCCC2=O)c1. The molecule has 2 atom stereocenters. The molecule has 0 saturated carbocycles. The number of hydrogen-bond donors (Lipinski definition) is 4. The van der Waals surface area contributed by atoms with Crippen molar-refractivity contribution in [3.8, 4) is 0 Å². The quantitative estimate of drug-likeness (QED) is 0.237. The Hall–Kier alpha value is -3.89. The Morgan fingerprint density at radius 3 is 2.48 bits per heavy atom. The number of benzene rings is 3. The molecule has 0 aliphatic carbocycles. The van der Waals surface area contributed by atoms with E-state index < -0.39 is 29.8 Å². The highest BCUT2D eigenvalue weighted by atomic mass is 19.4. The van der Waals surface area contributed by atoms with Crippen molar-refractivity contribution in [2.24, 2.45) is 0 Å². The third-order valence-electron chi connectivity index (χ3n) is 7.21. The van der Waals surface area contributed by atoms with Crippen LogP contribution in [0.5, 0.6) is 0 Å². The number of rotatable bonds is 12. The molecular weight excluding hydrogens is 545 g/mol. The van der Waals surface area contributed by atoms with Gasteiger partial charge in [0.15, 0.2) is 0 Å². The topological polar surface area (TPSA) is 93.7 Å². The van der Waals surface area contributed by atoms with E-state index in [2.05, 4.69) is 16.0 Å². The molecule has 4 rings (SSSR count). The molecule has 42 heavy (non-hydrogen) atoms. The van der Waals surface area contributed by atoms with E-state index in [0.29, 0.717) is 48.4 Å². The summed E-state index contributed by atoms with van der Waals surface area (Å²) in [5, 5.41) is 20.3. The van der Waals surface area contributed by atoms with Crippen LogP contribution >= 0.6 is 0 Å². The van der Waals surface area contributed by atoms with Crippen LogP contribution in [-0.2, 0) is 23.9 Å². The Morgan fingerprint density at radius 2 is 1.76 bits per heavy atom. The van der Waals surface area contributed by atoms with E-state index in [1.54, 1.807) is 23.1 Å². The highest BCUT2D eigenvalue weighted by Crippen LogP contribution is 2.30. The summed E-state index contributed by atoms with van der Waals surface area (Å²) in [5.41, 5.74) is 2.31. The highest BCUT2D eigenvalue weighted by Gasteiger charge is 2.30. The van der Waals surface area contributed by atoms with Crippen molar-refractivity contribution in [3.63, 3.8) is 0 Å². The zero-order chi connectivity index (χ0) is 30.1. The van der Waals surface area contributed by atoms with Gasteiger partial charge in [0.2, 0.25) is 5.91 Å². The standard InChI is InChI=1S/C32H37F3N4O3/c1-2-37-26-17-24(18-27(19-26)39-14-7-6-13-30(39)41)31(42)38-28(16-22-9-4-3-5-10-22)29(40)21-36-20-23-11-8-12-25(15-23)32(33,34)35/h3-5,8-12,15,17-19,28-29,36-37,40H,2,6-7,13-14,16,20-21H2,1H3,(H,38,42)/t28-,29+/m0/s1. The van der Waals surface area contributed by atoms with Crippen molar-refractivity contribution < 1.29 is 27.9 Å². The van der Waals surface area contributed by atoms with Crippen LogP contribution in [0.2, 0.25) is 0 Å². The second-order valence-corrected chi connectivity index (χ2v) is 10.5. The number of hydrogen-bond acceptors (Lipinski definition) is 5. The van der Waals surface area contributed by atoms with Crippen molar-refractivity contribution in [1.82, 2.24) is 10.6 Å². The van der Waals surface area contributed by atoms with Crippen LogP contribution < -0.4 is 20.9 Å². The minimum absolute atomic E-state index is 0.0190. The maximum Gasteiger partial charge on any atom is 0.416 e. The first-order valence-electron chi connectivity index (χ1n) is 14.2. The van der Waals surface area contributed by atoms with E-state index in [-0.39, 0.29) is 19.0 Å². The van der Waals surface area contributed by atoms with Crippen molar-refractivity contribution in [3.05, 3.63) is 95.1 Å².